The van der Waals surface area contributed by atoms with E-state index in [1.807, 2.05) is 18.7 Å². The van der Waals surface area contributed by atoms with Gasteiger partial charge in [-0.1, -0.05) is 19.9 Å². The molecular formula is C29H41FN4O3. The molecule has 4 rings (SSSR count). The number of unbranched alkanes of at least 4 members (excludes halogenated alkanes) is 1. The number of nitrogens with one attached hydrogen (secondary N) is 1. The van der Waals surface area contributed by atoms with Gasteiger partial charge in [-0.25, -0.2) is 9.37 Å². The molecule has 3 heterocycles. The predicted molar refractivity (Wildman–Crippen MR) is 144 cm³/mol. The standard InChI is InChI=1S/C29H41FN4O3/c1-19(2)21-16-24(27(37-4)25(30)17-21)26(29(35)36)34-15-12-23(18-34)33(3)14-6-5-9-22-11-10-20-8-7-13-31-28(20)32-22/h10-11,16-17,19,23,26H,5-9,12-15,18H2,1-4H3,(H,31,32)(H,35,36)/t23-,26?/m1/s1. The van der Waals surface area contributed by atoms with E-state index in [1.165, 1.54) is 25.2 Å². The van der Waals surface area contributed by atoms with Gasteiger partial charge in [-0.15, -0.1) is 0 Å². The van der Waals surface area contributed by atoms with Crippen molar-refractivity contribution in [2.75, 3.05) is 45.7 Å². The summed E-state index contributed by atoms with van der Waals surface area (Å²) < 4.78 is 20.1. The van der Waals surface area contributed by atoms with Crippen LogP contribution in [0.5, 0.6) is 5.75 Å². The molecule has 0 saturated carbocycles. The number of carboxylic acids is 1. The summed E-state index contributed by atoms with van der Waals surface area (Å²) in [5.41, 5.74) is 3.62. The molecule has 7 nitrogen and oxygen atoms in total. The summed E-state index contributed by atoms with van der Waals surface area (Å²) in [5, 5.41) is 13.6. The normalized spacial score (nSPS) is 18.6. The number of benzene rings is 1. The lowest BCUT2D eigenvalue weighted by molar-refractivity contribution is -0.143. The van der Waals surface area contributed by atoms with E-state index in [2.05, 4.69) is 29.4 Å². The second-order valence-corrected chi connectivity index (χ2v) is 10.7. The third kappa shape index (κ3) is 6.41. The molecule has 37 heavy (non-hydrogen) atoms. The molecule has 0 radical (unpaired) electrons. The number of nitrogens with zero attached hydrogens (tertiary/aromatic N) is 3. The highest BCUT2D eigenvalue weighted by Gasteiger charge is 2.37. The average molecular weight is 513 g/mol. The number of likely N-dealkylation sites (tertiary alicyclic amines) is 1. The first-order valence-electron chi connectivity index (χ1n) is 13.6. The Morgan fingerprint density at radius 2 is 2.14 bits per heavy atom. The van der Waals surface area contributed by atoms with Crippen LogP contribution >= 0.6 is 0 Å². The van der Waals surface area contributed by atoms with Gasteiger partial charge in [0.1, 0.15) is 11.9 Å². The van der Waals surface area contributed by atoms with Crippen molar-refractivity contribution in [3.05, 3.63) is 52.5 Å². The number of pyridine rings is 1. The fourth-order valence-corrected chi connectivity index (χ4v) is 5.59. The van der Waals surface area contributed by atoms with Gasteiger partial charge in [0, 0.05) is 36.9 Å². The summed E-state index contributed by atoms with van der Waals surface area (Å²) >= 11 is 0. The number of likely N-dealkylation sites (N-methyl/N-ethyl adjacent to an activating group) is 1. The molecule has 0 amide bonds. The minimum atomic E-state index is -0.978. The van der Waals surface area contributed by atoms with Crippen LogP contribution in [0.1, 0.15) is 73.9 Å². The van der Waals surface area contributed by atoms with Gasteiger partial charge in [0.25, 0.3) is 0 Å². The van der Waals surface area contributed by atoms with Crippen molar-refractivity contribution in [2.24, 2.45) is 0 Å². The van der Waals surface area contributed by atoms with Crippen molar-refractivity contribution >= 4 is 11.8 Å². The number of methoxy groups -OCH3 is 1. The summed E-state index contributed by atoms with van der Waals surface area (Å²) in [5.74, 6) is -0.324. The molecule has 2 aliphatic heterocycles. The highest BCUT2D eigenvalue weighted by molar-refractivity contribution is 5.77. The Bertz CT molecular complexity index is 1090. The van der Waals surface area contributed by atoms with Crippen molar-refractivity contribution in [1.82, 2.24) is 14.8 Å². The Morgan fingerprint density at radius 1 is 1.32 bits per heavy atom. The zero-order valence-corrected chi connectivity index (χ0v) is 22.6. The number of anilines is 1. The van der Waals surface area contributed by atoms with Crippen molar-refractivity contribution in [2.45, 2.75) is 70.4 Å². The van der Waals surface area contributed by atoms with Gasteiger partial charge in [-0.3, -0.25) is 9.69 Å². The fraction of sp³-hybridized carbons (Fsp3) is 0.586. The van der Waals surface area contributed by atoms with Crippen LogP contribution in [0.4, 0.5) is 10.2 Å². The molecule has 1 fully saturated rings. The van der Waals surface area contributed by atoms with Crippen molar-refractivity contribution in [3.63, 3.8) is 0 Å². The topological polar surface area (TPSA) is 77.9 Å². The van der Waals surface area contributed by atoms with E-state index in [1.54, 1.807) is 6.07 Å². The highest BCUT2D eigenvalue weighted by atomic mass is 19.1. The minimum absolute atomic E-state index is 0.0274. The van der Waals surface area contributed by atoms with Crippen LogP contribution in [0.25, 0.3) is 0 Å². The number of fused-ring (bicyclic) bond motifs is 1. The number of hydrogen-bond donors (Lipinski definition) is 2. The van der Waals surface area contributed by atoms with Crippen LogP contribution in [-0.2, 0) is 17.6 Å². The van der Waals surface area contributed by atoms with Gasteiger partial charge in [-0.2, -0.15) is 0 Å². The summed E-state index contributed by atoms with van der Waals surface area (Å²) in [6.45, 7) is 7.16. The maximum atomic E-state index is 14.8. The number of halogens is 1. The molecule has 0 spiro atoms. The number of hydrogen-bond acceptors (Lipinski definition) is 6. The van der Waals surface area contributed by atoms with Gasteiger partial charge in [-0.05, 0) is 87.4 Å². The number of aliphatic carboxylic acids is 1. The zero-order valence-electron chi connectivity index (χ0n) is 22.6. The average Bonchev–Trinajstić information content (AvgIpc) is 3.36. The highest BCUT2D eigenvalue weighted by Crippen LogP contribution is 2.37. The molecule has 0 aliphatic carbocycles. The van der Waals surface area contributed by atoms with E-state index < -0.39 is 17.8 Å². The first kappa shape index (κ1) is 27.3. The number of aromatic nitrogens is 1. The van der Waals surface area contributed by atoms with Crippen LogP contribution in [0.15, 0.2) is 24.3 Å². The Balaban J connectivity index is 1.34. The van der Waals surface area contributed by atoms with E-state index in [0.29, 0.717) is 18.7 Å². The van der Waals surface area contributed by atoms with Gasteiger partial charge < -0.3 is 20.1 Å². The number of rotatable bonds is 11. The monoisotopic (exact) mass is 512 g/mol. The second kappa shape index (κ2) is 12.2. The Morgan fingerprint density at radius 3 is 2.86 bits per heavy atom. The van der Waals surface area contributed by atoms with E-state index in [9.17, 15) is 14.3 Å². The van der Waals surface area contributed by atoms with Crippen molar-refractivity contribution in [3.8, 4) is 5.75 Å². The maximum Gasteiger partial charge on any atom is 0.325 e. The molecule has 1 aromatic carbocycles. The van der Waals surface area contributed by atoms with Crippen LogP contribution < -0.4 is 10.1 Å². The lowest BCUT2D eigenvalue weighted by atomic mass is 9.95. The first-order chi connectivity index (χ1) is 17.8. The smallest absolute Gasteiger partial charge is 0.325 e. The number of ether oxygens (including phenoxy) is 1. The van der Waals surface area contributed by atoms with Crippen molar-refractivity contribution in [1.29, 1.82) is 0 Å². The molecule has 1 aromatic heterocycles. The Kier molecular flexibility index (Phi) is 9.03. The molecule has 202 valence electrons. The number of carbonyl (C=O) groups is 1. The summed E-state index contributed by atoms with van der Waals surface area (Å²) in [6.07, 6.45) is 6.22. The molecule has 1 unspecified atom stereocenters. The van der Waals surface area contributed by atoms with Crippen LogP contribution in [0.2, 0.25) is 0 Å². The van der Waals surface area contributed by atoms with Crippen LogP contribution in [-0.4, -0.2) is 72.2 Å². The van der Waals surface area contributed by atoms with Crippen molar-refractivity contribution < 1.29 is 19.0 Å². The van der Waals surface area contributed by atoms with Gasteiger partial charge in [0.05, 0.1) is 7.11 Å². The molecule has 2 N–H and O–H groups in total. The molecular weight excluding hydrogens is 471 g/mol. The fourth-order valence-electron chi connectivity index (χ4n) is 5.59. The predicted octanol–water partition coefficient (Wildman–Crippen LogP) is 4.87. The molecule has 1 saturated heterocycles. The summed E-state index contributed by atoms with van der Waals surface area (Å²) in [6, 6.07) is 6.93. The Labute approximate surface area is 220 Å². The number of carboxylic acid groups (broad SMARTS) is 1. The van der Waals surface area contributed by atoms with Gasteiger partial charge in [0.2, 0.25) is 0 Å². The maximum absolute atomic E-state index is 14.8. The lowest BCUT2D eigenvalue weighted by Gasteiger charge is -2.29. The zero-order chi connectivity index (χ0) is 26.5. The minimum Gasteiger partial charge on any atom is -0.493 e. The molecule has 0 bridgehead atoms. The summed E-state index contributed by atoms with van der Waals surface area (Å²) in [7, 11) is 3.51. The van der Waals surface area contributed by atoms with Crippen LogP contribution in [0, 0.1) is 5.82 Å². The summed E-state index contributed by atoms with van der Waals surface area (Å²) in [4.78, 5) is 21.5. The number of aryl methyl sites for hydroxylation is 2. The van der Waals surface area contributed by atoms with Gasteiger partial charge in [0.15, 0.2) is 11.6 Å². The Hall–Kier alpha value is -2.71. The quantitative estimate of drug-likeness (QED) is 0.416. The van der Waals surface area contributed by atoms with E-state index >= 15 is 0 Å². The first-order valence-corrected chi connectivity index (χ1v) is 13.6. The molecule has 2 aromatic rings. The SMILES string of the molecule is COc1c(F)cc(C(C)C)cc1C(C(=O)O)N1CC[C@@H](N(C)CCCCc2ccc3c(n2)NCCC3)C1. The van der Waals surface area contributed by atoms with E-state index in [4.69, 9.17) is 9.72 Å². The molecule has 2 atom stereocenters. The third-order valence-electron chi connectivity index (χ3n) is 7.82. The largest absolute Gasteiger partial charge is 0.493 e. The molecule has 8 heteroatoms. The van der Waals surface area contributed by atoms with E-state index in [0.717, 1.165) is 62.3 Å². The molecule has 2 aliphatic rings. The second-order valence-electron chi connectivity index (χ2n) is 10.7. The van der Waals surface area contributed by atoms with Gasteiger partial charge >= 0.3 is 5.97 Å². The van der Waals surface area contributed by atoms with Crippen LogP contribution in [0.3, 0.4) is 0 Å². The third-order valence-corrected chi connectivity index (χ3v) is 7.82. The van der Waals surface area contributed by atoms with E-state index in [-0.39, 0.29) is 17.7 Å². The lowest BCUT2D eigenvalue weighted by Crippen LogP contribution is -2.38.